The second-order valence-corrected chi connectivity index (χ2v) is 3.76. The number of nitrogens with one attached hydrogen (secondary N) is 1. The number of nitrogen functional groups attached to an aromatic ring is 1. The topological polar surface area (TPSA) is 115 Å². The van der Waals surface area contributed by atoms with Crippen LogP contribution >= 0.6 is 0 Å². The van der Waals surface area contributed by atoms with Crippen LogP contribution in [0.3, 0.4) is 0 Å². The fraction of sp³-hybridized carbons (Fsp3) is 0. The van der Waals surface area contributed by atoms with Crippen LogP contribution in [0.4, 0.5) is 10.1 Å². The summed E-state index contributed by atoms with van der Waals surface area (Å²) in [4.78, 5) is 13.6. The highest BCUT2D eigenvalue weighted by Gasteiger charge is 2.14. The number of nitro groups is 1. The Morgan fingerprint density at radius 2 is 2.15 bits per heavy atom. The van der Waals surface area contributed by atoms with Gasteiger partial charge in [0.15, 0.2) is 17.3 Å². The van der Waals surface area contributed by atoms with Gasteiger partial charge in [-0.3, -0.25) is 20.5 Å². The molecule has 0 saturated carbocycles. The van der Waals surface area contributed by atoms with Crippen molar-refractivity contribution in [1.82, 2.24) is 4.98 Å². The van der Waals surface area contributed by atoms with Gasteiger partial charge in [0.25, 0.3) is 5.69 Å². The number of rotatable bonds is 4. The van der Waals surface area contributed by atoms with Crippen LogP contribution in [-0.2, 0) is 0 Å². The van der Waals surface area contributed by atoms with E-state index in [1.807, 2.05) is 0 Å². The SMILES string of the molecule is N=C(N)c1ccncc1Oc1ccc([N+](=O)[O-])cc1F. The first kappa shape index (κ1) is 13.4. The van der Waals surface area contributed by atoms with Gasteiger partial charge in [0, 0.05) is 12.3 Å². The van der Waals surface area contributed by atoms with Gasteiger partial charge in [0.2, 0.25) is 0 Å². The maximum absolute atomic E-state index is 13.7. The number of non-ortho nitro benzene ring substituents is 1. The first-order valence-electron chi connectivity index (χ1n) is 5.39. The van der Waals surface area contributed by atoms with E-state index in [4.69, 9.17) is 15.9 Å². The van der Waals surface area contributed by atoms with E-state index in [0.29, 0.717) is 0 Å². The average Bonchev–Trinajstić information content (AvgIpc) is 2.41. The first-order chi connectivity index (χ1) is 9.49. The van der Waals surface area contributed by atoms with Gasteiger partial charge >= 0.3 is 0 Å². The van der Waals surface area contributed by atoms with Crippen molar-refractivity contribution in [2.45, 2.75) is 0 Å². The van der Waals surface area contributed by atoms with Crippen LogP contribution in [-0.4, -0.2) is 15.7 Å². The van der Waals surface area contributed by atoms with Gasteiger partial charge < -0.3 is 10.5 Å². The zero-order valence-electron chi connectivity index (χ0n) is 10.0. The van der Waals surface area contributed by atoms with Crippen molar-refractivity contribution < 1.29 is 14.1 Å². The van der Waals surface area contributed by atoms with Gasteiger partial charge in [-0.15, -0.1) is 0 Å². The molecule has 1 aromatic carbocycles. The summed E-state index contributed by atoms with van der Waals surface area (Å²) in [5, 5.41) is 17.9. The number of aromatic nitrogens is 1. The molecule has 0 aliphatic heterocycles. The van der Waals surface area contributed by atoms with E-state index in [0.717, 1.165) is 18.2 Å². The van der Waals surface area contributed by atoms with Crippen molar-refractivity contribution in [2.24, 2.45) is 5.73 Å². The van der Waals surface area contributed by atoms with Gasteiger partial charge in [-0.1, -0.05) is 0 Å². The van der Waals surface area contributed by atoms with Gasteiger partial charge in [0.05, 0.1) is 22.7 Å². The Balaban J connectivity index is 2.36. The quantitative estimate of drug-likeness (QED) is 0.384. The molecule has 102 valence electrons. The fourth-order valence-electron chi connectivity index (χ4n) is 1.49. The molecule has 0 radical (unpaired) electrons. The molecule has 0 spiro atoms. The number of nitrogens with zero attached hydrogens (tertiary/aromatic N) is 2. The third-order valence-electron chi connectivity index (χ3n) is 2.42. The lowest BCUT2D eigenvalue weighted by Gasteiger charge is -2.09. The van der Waals surface area contributed by atoms with Crippen molar-refractivity contribution in [2.75, 3.05) is 0 Å². The summed E-state index contributed by atoms with van der Waals surface area (Å²) < 4.78 is 18.9. The van der Waals surface area contributed by atoms with E-state index in [2.05, 4.69) is 4.98 Å². The third kappa shape index (κ3) is 2.69. The molecule has 0 bridgehead atoms. The second-order valence-electron chi connectivity index (χ2n) is 3.76. The summed E-state index contributed by atoms with van der Waals surface area (Å²) >= 11 is 0. The number of pyridine rings is 1. The molecule has 8 heteroatoms. The Kier molecular flexibility index (Phi) is 3.56. The largest absolute Gasteiger partial charge is 0.452 e. The number of halogens is 1. The number of hydrogen-bond donors (Lipinski definition) is 2. The third-order valence-corrected chi connectivity index (χ3v) is 2.42. The number of nitrogens with two attached hydrogens (primary N) is 1. The van der Waals surface area contributed by atoms with Gasteiger partial charge in [-0.2, -0.15) is 0 Å². The molecular weight excluding hydrogens is 267 g/mol. The number of amidine groups is 1. The van der Waals surface area contributed by atoms with Gasteiger partial charge in [0.1, 0.15) is 5.84 Å². The summed E-state index contributed by atoms with van der Waals surface area (Å²) in [5.41, 5.74) is 5.23. The maximum Gasteiger partial charge on any atom is 0.272 e. The highest BCUT2D eigenvalue weighted by molar-refractivity contribution is 5.97. The monoisotopic (exact) mass is 276 g/mol. The minimum absolute atomic E-state index is 0.0905. The standard InChI is InChI=1S/C12H9FN4O3/c13-9-5-7(17(18)19)1-2-10(9)20-11-6-16-4-3-8(11)12(14)15/h1-6H,(H3,14,15). The Morgan fingerprint density at radius 3 is 2.75 bits per heavy atom. The van der Waals surface area contributed by atoms with Crippen LogP contribution in [0.2, 0.25) is 0 Å². The van der Waals surface area contributed by atoms with Crippen LogP contribution in [0.25, 0.3) is 0 Å². The Morgan fingerprint density at radius 1 is 1.40 bits per heavy atom. The molecule has 0 unspecified atom stereocenters. The smallest absolute Gasteiger partial charge is 0.272 e. The average molecular weight is 276 g/mol. The van der Waals surface area contributed by atoms with E-state index < -0.39 is 10.7 Å². The van der Waals surface area contributed by atoms with Crippen molar-refractivity contribution in [1.29, 1.82) is 5.41 Å². The van der Waals surface area contributed by atoms with Crippen LogP contribution in [0.15, 0.2) is 36.7 Å². The maximum atomic E-state index is 13.7. The van der Waals surface area contributed by atoms with Gasteiger partial charge in [-0.25, -0.2) is 4.39 Å². The molecule has 0 aliphatic carbocycles. The lowest BCUT2D eigenvalue weighted by atomic mass is 10.2. The summed E-state index contributed by atoms with van der Waals surface area (Å²) in [6.07, 6.45) is 2.69. The van der Waals surface area contributed by atoms with E-state index in [1.54, 1.807) is 0 Å². The predicted molar refractivity (Wildman–Crippen MR) is 68.4 cm³/mol. The lowest BCUT2D eigenvalue weighted by molar-refractivity contribution is -0.385. The molecule has 0 fully saturated rings. The van der Waals surface area contributed by atoms with Crippen molar-refractivity contribution >= 4 is 11.5 Å². The summed E-state index contributed by atoms with van der Waals surface area (Å²) in [6.45, 7) is 0. The van der Waals surface area contributed by atoms with Gasteiger partial charge in [-0.05, 0) is 12.1 Å². The molecule has 0 aliphatic rings. The number of nitro benzene ring substituents is 1. The summed E-state index contributed by atoms with van der Waals surface area (Å²) in [7, 11) is 0. The van der Waals surface area contributed by atoms with E-state index >= 15 is 0 Å². The fourth-order valence-corrected chi connectivity index (χ4v) is 1.49. The van der Waals surface area contributed by atoms with Crippen LogP contribution in [0.5, 0.6) is 11.5 Å². The zero-order chi connectivity index (χ0) is 14.7. The van der Waals surface area contributed by atoms with Crippen LogP contribution in [0.1, 0.15) is 5.56 Å². The molecule has 7 nitrogen and oxygen atoms in total. The van der Waals surface area contributed by atoms with Crippen LogP contribution < -0.4 is 10.5 Å². The molecule has 0 atom stereocenters. The molecule has 0 saturated heterocycles. The van der Waals surface area contributed by atoms with Crippen molar-refractivity contribution in [3.8, 4) is 11.5 Å². The molecule has 3 N–H and O–H groups in total. The molecule has 0 amide bonds. The Hall–Kier alpha value is -3.03. The number of ether oxygens (including phenoxy) is 1. The molecule has 2 rings (SSSR count). The molecule has 2 aromatic rings. The highest BCUT2D eigenvalue weighted by atomic mass is 19.1. The Labute approximate surface area is 112 Å². The number of benzene rings is 1. The van der Waals surface area contributed by atoms with Crippen molar-refractivity contribution in [3.05, 3.63) is 58.2 Å². The Bertz CT molecular complexity index is 690. The molecular formula is C12H9FN4O3. The predicted octanol–water partition coefficient (Wildman–Crippen LogP) is 2.21. The zero-order valence-corrected chi connectivity index (χ0v) is 10.0. The lowest BCUT2D eigenvalue weighted by Crippen LogP contribution is -2.12. The minimum Gasteiger partial charge on any atom is -0.452 e. The molecule has 20 heavy (non-hydrogen) atoms. The molecule has 1 heterocycles. The second kappa shape index (κ2) is 5.31. The van der Waals surface area contributed by atoms with E-state index in [-0.39, 0.29) is 28.6 Å². The van der Waals surface area contributed by atoms with E-state index in [1.165, 1.54) is 18.5 Å². The summed E-state index contributed by atoms with van der Waals surface area (Å²) in [5.74, 6) is -1.28. The van der Waals surface area contributed by atoms with Crippen molar-refractivity contribution in [3.63, 3.8) is 0 Å². The summed E-state index contributed by atoms with van der Waals surface area (Å²) in [6, 6.07) is 4.44. The number of hydrogen-bond acceptors (Lipinski definition) is 5. The highest BCUT2D eigenvalue weighted by Crippen LogP contribution is 2.28. The van der Waals surface area contributed by atoms with E-state index in [9.17, 15) is 14.5 Å². The minimum atomic E-state index is -0.891. The normalized spacial score (nSPS) is 10.1. The first-order valence-corrected chi connectivity index (χ1v) is 5.39. The molecule has 1 aromatic heterocycles. The van der Waals surface area contributed by atoms with Crippen LogP contribution in [0, 0.1) is 21.3 Å².